The third-order valence-electron chi connectivity index (χ3n) is 4.65. The zero-order valence-corrected chi connectivity index (χ0v) is 50.7. The summed E-state index contributed by atoms with van der Waals surface area (Å²) >= 11 is 0. The van der Waals surface area contributed by atoms with Crippen LogP contribution >= 0.6 is 0 Å². The zero-order chi connectivity index (χ0) is 88.9. The first-order valence-electron chi connectivity index (χ1n) is 19.6. The largest absolute Gasteiger partial charge is 0.476 e. The summed E-state index contributed by atoms with van der Waals surface area (Å²) in [6, 6.07) is -4.32. The van der Waals surface area contributed by atoms with Crippen molar-refractivity contribution in [1.29, 1.82) is 0 Å². The van der Waals surface area contributed by atoms with Gasteiger partial charge in [-0.05, 0) is 0 Å². The third kappa shape index (κ3) is 105. The van der Waals surface area contributed by atoms with Gasteiger partial charge in [0.05, 0.1) is 0 Å². The second kappa shape index (κ2) is 51.9. The van der Waals surface area contributed by atoms with E-state index in [1.807, 2.05) is 0 Å². The van der Waals surface area contributed by atoms with Crippen LogP contribution in [0, 0.1) is 0 Å². The van der Waals surface area contributed by atoms with Crippen molar-refractivity contribution in [3.8, 4) is 0 Å². The summed E-state index contributed by atoms with van der Waals surface area (Å²) in [5.74, 6) is -7.42. The minimum atomic E-state index is -6.30. The van der Waals surface area contributed by atoms with Crippen molar-refractivity contribution < 1.29 is 311 Å². The van der Waals surface area contributed by atoms with Crippen LogP contribution in [-0.4, -0.2) is 184 Å². The molecule has 0 aliphatic heterocycles. The van der Waals surface area contributed by atoms with Gasteiger partial charge in [-0.1, -0.05) is 53.2 Å². The Bertz CT molecular complexity index is 2710. The first kappa shape index (κ1) is 126. The maximum atomic E-state index is 12.4. The van der Waals surface area contributed by atoms with E-state index >= 15 is 0 Å². The van der Waals surface area contributed by atoms with Crippen LogP contribution < -0.4 is 0 Å². The molecule has 0 aliphatic carbocycles. The lowest BCUT2D eigenvalue weighted by atomic mass is 10.3. The Morgan fingerprint density at radius 3 is 0.476 bits per heavy atom. The van der Waals surface area contributed by atoms with E-state index in [0.29, 0.717) is 0 Å². The molecule has 0 saturated heterocycles. The molecular formula is C27H20F52O20S6. The number of ether oxygens (including phenoxy) is 8. The standard InChI is InChI=1S/2C6H4F10O2.C5H4F8O.C4H4F4O.2C3H2F4O.6F2O2S/c2*7-1-3(9,10)17-5(13,14)6(15,16)18-4(11,12)2-8;6-1-3(8,9)5(12,13)14-4(10,11)2-7;1-3(6)4(7,8)9-2-5;2*4-1-8-3(7)2(5)6;6*1-5(2,3)4/h2*1-2H2;1-2H2;1-2H2;2*1H2;;;;;;. The zero-order valence-electron chi connectivity index (χ0n) is 45.8. The van der Waals surface area contributed by atoms with E-state index in [4.69, 9.17) is 50.5 Å². The predicted octanol–water partition coefficient (Wildman–Crippen LogP) is 16.4. The van der Waals surface area contributed by atoms with Gasteiger partial charge in [0.2, 0.25) is 13.7 Å². The van der Waals surface area contributed by atoms with Crippen LogP contribution in [0.4, 0.5) is 222 Å². The van der Waals surface area contributed by atoms with E-state index in [2.05, 4.69) is 44.5 Å². The molecule has 0 aromatic heterocycles. The van der Waals surface area contributed by atoms with Crippen molar-refractivity contribution in [1.82, 2.24) is 0 Å². The van der Waals surface area contributed by atoms with Crippen molar-refractivity contribution in [3.05, 3.63) is 36.6 Å². The maximum absolute atomic E-state index is 12.4. The first-order valence-corrected chi connectivity index (χ1v) is 27.3. The lowest BCUT2D eigenvalue weighted by Crippen LogP contribution is -2.52. The summed E-state index contributed by atoms with van der Waals surface area (Å²) in [5, 5.41) is 0. The lowest BCUT2D eigenvalue weighted by Gasteiger charge is -2.29. The molecule has 20 nitrogen and oxygen atoms in total. The van der Waals surface area contributed by atoms with E-state index < -0.39 is 227 Å². The molecule has 0 spiro atoms. The highest BCUT2D eigenvalue weighted by molar-refractivity contribution is 7.82. The Balaban J connectivity index is -0.0000000931. The van der Waals surface area contributed by atoms with Gasteiger partial charge < -0.3 is 9.47 Å². The summed E-state index contributed by atoms with van der Waals surface area (Å²) in [6.45, 7) is -20.0. The van der Waals surface area contributed by atoms with Gasteiger partial charge in [-0.2, -0.15) is 182 Å². The molecule has 0 fully saturated rings. The van der Waals surface area contributed by atoms with Crippen LogP contribution in [0.15, 0.2) is 36.6 Å². The Labute approximate surface area is 544 Å². The number of hydrogen-bond acceptors (Lipinski definition) is 20. The van der Waals surface area contributed by atoms with E-state index in [-0.39, 0.29) is 0 Å². The molecule has 0 N–H and O–H groups in total. The molecule has 0 bridgehead atoms. The van der Waals surface area contributed by atoms with Gasteiger partial charge in [0, 0.05) is 0 Å². The molecule has 0 heterocycles. The lowest BCUT2D eigenvalue weighted by molar-refractivity contribution is -0.513. The van der Waals surface area contributed by atoms with Crippen LogP contribution in [0.3, 0.4) is 0 Å². The van der Waals surface area contributed by atoms with Crippen molar-refractivity contribution in [2.24, 2.45) is 0 Å². The second-order valence-corrected chi connectivity index (χ2v) is 17.3. The predicted molar refractivity (Wildman–Crippen MR) is 220 cm³/mol. The average Bonchev–Trinajstić information content (AvgIpc) is 0.807. The minimum absolute atomic E-state index is 1.58. The minimum Gasteiger partial charge on any atom is -0.435 e. The van der Waals surface area contributed by atoms with Crippen LogP contribution in [0.5, 0.6) is 0 Å². The summed E-state index contributed by atoms with van der Waals surface area (Å²) in [7, 11) is -34.0. The highest BCUT2D eigenvalue weighted by Crippen LogP contribution is 2.45. The molecule has 648 valence electrons. The number of halogens is 52. The highest BCUT2D eigenvalue weighted by atomic mass is 32.3. The highest BCUT2D eigenvalue weighted by Gasteiger charge is 2.69. The molecule has 0 rings (SSSR count). The Hall–Kier alpha value is -5.36. The molecule has 0 aromatic carbocycles. The fourth-order valence-corrected chi connectivity index (χ4v) is 1.82. The van der Waals surface area contributed by atoms with Crippen LogP contribution in [0.1, 0.15) is 0 Å². The quantitative estimate of drug-likeness (QED) is 0.0442. The molecular weight excluding hydrogens is 1820 g/mol. The van der Waals surface area contributed by atoms with E-state index in [1.54, 1.807) is 0 Å². The summed E-state index contributed by atoms with van der Waals surface area (Å²) in [5.41, 5.74) is 0. The fraction of sp³-hybridized carbons (Fsp3) is 0.778. The van der Waals surface area contributed by atoms with Crippen molar-refractivity contribution in [2.75, 3.05) is 60.6 Å². The molecule has 0 aromatic rings. The molecule has 0 saturated carbocycles. The Kier molecular flexibility index (Phi) is 62.4. The van der Waals surface area contributed by atoms with Crippen LogP contribution in [-0.2, 0) is 102 Å². The van der Waals surface area contributed by atoms with E-state index in [0.717, 1.165) is 0 Å². The monoisotopic (exact) mass is 1840 g/mol. The van der Waals surface area contributed by atoms with Gasteiger partial charge in [0.25, 0.3) is 0 Å². The summed E-state index contributed by atoms with van der Waals surface area (Å²) in [6.07, 6.45) is -67.0. The van der Waals surface area contributed by atoms with Gasteiger partial charge in [-0.15, -0.1) is 0 Å². The van der Waals surface area contributed by atoms with Crippen molar-refractivity contribution in [2.45, 2.75) is 73.1 Å². The molecule has 0 atom stereocenters. The average molecular weight is 1840 g/mol. The molecule has 105 heavy (non-hydrogen) atoms. The van der Waals surface area contributed by atoms with Gasteiger partial charge in [-0.3, -0.25) is 4.74 Å². The molecule has 0 aliphatic rings. The molecule has 78 heteroatoms. The van der Waals surface area contributed by atoms with E-state index in [9.17, 15) is 222 Å². The molecule has 0 unspecified atom stereocenters. The van der Waals surface area contributed by atoms with Crippen molar-refractivity contribution in [3.63, 3.8) is 0 Å². The van der Waals surface area contributed by atoms with Crippen molar-refractivity contribution >= 4 is 63.7 Å². The number of hydrogen-bond donors (Lipinski definition) is 0. The SMILES string of the molecule is C=C(F)C(F)(F)OCF.FCC(F)(F)OC(F)(F)C(F)(F)CF.FCC(F)(F)OC(F)(F)C(F)(F)OC(F)(F)CF.FCC(F)(F)OC(F)(F)C(F)(F)OC(F)(F)CF.FCOC(F)=C(F)F.FCOC(F)=C(F)F.O=S(=O)(F)F.O=S(=O)(F)F.O=S(=O)(F)F.O=S(=O)(F)F.O=S(=O)(F)F.O=S(=O)(F)F. The maximum Gasteiger partial charge on any atom is 0.476 e. The van der Waals surface area contributed by atoms with Gasteiger partial charge in [0.1, 0.15) is 0 Å². The second-order valence-electron chi connectivity index (χ2n) is 12.8. The number of alkyl halides is 33. The van der Waals surface area contributed by atoms with Crippen LogP contribution in [0.2, 0.25) is 0 Å². The number of rotatable bonds is 26. The van der Waals surface area contributed by atoms with Gasteiger partial charge in [-0.25, -0.2) is 67.6 Å². The van der Waals surface area contributed by atoms with Gasteiger partial charge >= 0.3 is 161 Å². The Morgan fingerprint density at radius 2 is 0.400 bits per heavy atom. The molecule has 0 amide bonds. The molecule has 0 radical (unpaired) electrons. The smallest absolute Gasteiger partial charge is 0.435 e. The van der Waals surface area contributed by atoms with Crippen LogP contribution in [0.25, 0.3) is 0 Å². The Morgan fingerprint density at radius 1 is 0.257 bits per heavy atom. The summed E-state index contributed by atoms with van der Waals surface area (Å²) in [4.78, 5) is 0. The van der Waals surface area contributed by atoms with Gasteiger partial charge in [0.15, 0.2) is 52.7 Å². The first-order chi connectivity index (χ1) is 45.0. The third-order valence-corrected chi connectivity index (χ3v) is 4.65. The summed E-state index contributed by atoms with van der Waals surface area (Å²) < 4.78 is 706. The normalized spacial score (nSPS) is 12.7. The van der Waals surface area contributed by atoms with E-state index in [1.165, 1.54) is 0 Å². The topological polar surface area (TPSA) is 279 Å². The fourth-order valence-electron chi connectivity index (χ4n) is 1.82.